The van der Waals surface area contributed by atoms with E-state index >= 15 is 0 Å². The highest BCUT2D eigenvalue weighted by molar-refractivity contribution is 8.04. The Morgan fingerprint density at radius 1 is 1.75 bits per heavy atom. The second kappa shape index (κ2) is 2.67. The number of aliphatic imine (C=N–C) groups is 1. The van der Waals surface area contributed by atoms with E-state index in [0.717, 1.165) is 4.91 Å². The third kappa shape index (κ3) is 1.02. The second-order valence-corrected chi connectivity index (χ2v) is 3.22. The monoisotopic (exact) mass is 182 g/mol. The molecule has 1 amide bonds. The predicted octanol–water partition coefficient (Wildman–Crippen LogP) is 0.373. The van der Waals surface area contributed by atoms with E-state index in [-0.39, 0.29) is 0 Å². The normalized spacial score (nSPS) is 20.2. The van der Waals surface area contributed by atoms with Crippen molar-refractivity contribution in [2.45, 2.75) is 0 Å². The lowest BCUT2D eigenvalue weighted by atomic mass is 10.2. The number of fused-ring (bicyclic) bond motifs is 1. The molecule has 5 heteroatoms. The fraction of sp³-hybridized carbons (Fsp3) is 0.143. The van der Waals surface area contributed by atoms with Crippen molar-refractivity contribution in [3.63, 3.8) is 0 Å². The van der Waals surface area contributed by atoms with Crippen LogP contribution in [-0.4, -0.2) is 17.7 Å². The molecule has 0 aromatic rings. The van der Waals surface area contributed by atoms with Gasteiger partial charge in [-0.15, -0.1) is 0 Å². The van der Waals surface area contributed by atoms with Crippen LogP contribution in [0, 0.1) is 0 Å². The first kappa shape index (κ1) is 7.42. The molecule has 0 aliphatic carbocycles. The molecule has 0 radical (unpaired) electrons. The molecule has 0 saturated carbocycles. The maximum Gasteiger partial charge on any atom is 0.250 e. The van der Waals surface area contributed by atoms with E-state index < -0.39 is 5.91 Å². The number of nitrogens with zero attached hydrogens (tertiary/aromatic N) is 1. The van der Waals surface area contributed by atoms with Gasteiger partial charge in [0.1, 0.15) is 0 Å². The molecule has 0 saturated heterocycles. The molecule has 4 nitrogen and oxygen atoms in total. The summed E-state index contributed by atoms with van der Waals surface area (Å²) in [5.74, 6) is 0.673. The molecule has 12 heavy (non-hydrogen) atoms. The maximum atomic E-state index is 10.9. The van der Waals surface area contributed by atoms with E-state index in [1.54, 1.807) is 6.08 Å². The van der Waals surface area contributed by atoms with Crippen molar-refractivity contribution >= 4 is 23.6 Å². The van der Waals surface area contributed by atoms with Crippen molar-refractivity contribution in [2.75, 3.05) is 5.88 Å². The van der Waals surface area contributed by atoms with Crippen molar-refractivity contribution < 1.29 is 9.53 Å². The van der Waals surface area contributed by atoms with Crippen molar-refractivity contribution in [1.29, 1.82) is 0 Å². The van der Waals surface area contributed by atoms with Gasteiger partial charge in [-0.2, -0.15) is 0 Å². The third-order valence-electron chi connectivity index (χ3n) is 1.54. The molecule has 0 bridgehead atoms. The highest BCUT2D eigenvalue weighted by Gasteiger charge is 2.24. The fourth-order valence-corrected chi connectivity index (χ4v) is 1.88. The maximum absolute atomic E-state index is 10.9. The van der Waals surface area contributed by atoms with Crippen LogP contribution in [0.2, 0.25) is 0 Å². The van der Waals surface area contributed by atoms with Crippen LogP contribution in [0.4, 0.5) is 0 Å². The van der Waals surface area contributed by atoms with E-state index in [9.17, 15) is 4.79 Å². The van der Waals surface area contributed by atoms with Gasteiger partial charge in [-0.05, 0) is 6.08 Å². The molecule has 0 atom stereocenters. The average molecular weight is 182 g/mol. The summed E-state index contributed by atoms with van der Waals surface area (Å²) in [6.45, 7) is 0. The van der Waals surface area contributed by atoms with Gasteiger partial charge in [0, 0.05) is 0 Å². The number of hydrogen-bond donors (Lipinski definition) is 1. The summed E-state index contributed by atoms with van der Waals surface area (Å²) in [4.78, 5) is 15.7. The topological polar surface area (TPSA) is 64.7 Å². The fourth-order valence-electron chi connectivity index (χ4n) is 1.01. The lowest BCUT2D eigenvalue weighted by Gasteiger charge is -2.09. The van der Waals surface area contributed by atoms with Gasteiger partial charge in [-0.25, -0.2) is 4.99 Å². The molecule has 2 aliphatic heterocycles. The lowest BCUT2D eigenvalue weighted by Crippen LogP contribution is -2.18. The number of thioether (sulfide) groups is 1. The summed E-state index contributed by atoms with van der Waals surface area (Å²) in [5.41, 5.74) is 5.64. The van der Waals surface area contributed by atoms with Crippen LogP contribution in [0.15, 0.2) is 27.8 Å². The third-order valence-corrected chi connectivity index (χ3v) is 2.48. The minimum absolute atomic E-state index is 0.438. The lowest BCUT2D eigenvalue weighted by molar-refractivity contribution is -0.114. The van der Waals surface area contributed by atoms with Gasteiger partial charge in [-0.1, -0.05) is 11.8 Å². The first-order chi connectivity index (χ1) is 5.79. The van der Waals surface area contributed by atoms with Crippen LogP contribution in [-0.2, 0) is 9.53 Å². The first-order valence-corrected chi connectivity index (χ1v) is 4.32. The molecular formula is C7H6N2O2S. The molecule has 0 unspecified atom stereocenters. The van der Waals surface area contributed by atoms with Crippen LogP contribution < -0.4 is 5.73 Å². The molecule has 2 heterocycles. The molecule has 0 spiro atoms. The Morgan fingerprint density at radius 2 is 2.58 bits per heavy atom. The van der Waals surface area contributed by atoms with Crippen molar-refractivity contribution in [1.82, 2.24) is 0 Å². The zero-order chi connectivity index (χ0) is 8.55. The predicted molar refractivity (Wildman–Crippen MR) is 46.3 cm³/mol. The average Bonchev–Trinajstić information content (AvgIpc) is 2.49. The number of primary amides is 1. The van der Waals surface area contributed by atoms with Crippen LogP contribution in [0.5, 0.6) is 0 Å². The minimum atomic E-state index is -0.438. The van der Waals surface area contributed by atoms with Crippen molar-refractivity contribution in [3.05, 3.63) is 22.8 Å². The van der Waals surface area contributed by atoms with E-state index in [4.69, 9.17) is 10.5 Å². The van der Waals surface area contributed by atoms with Crippen molar-refractivity contribution in [3.8, 4) is 0 Å². The molecular weight excluding hydrogens is 176 g/mol. The number of hydrogen-bond acceptors (Lipinski definition) is 4. The summed E-state index contributed by atoms with van der Waals surface area (Å²) >= 11 is 1.46. The Hall–Kier alpha value is -1.23. The first-order valence-electron chi connectivity index (χ1n) is 3.34. The number of ether oxygens (including phenoxy) is 1. The highest BCUT2D eigenvalue weighted by atomic mass is 32.2. The molecule has 2 rings (SSSR count). The summed E-state index contributed by atoms with van der Waals surface area (Å²) in [6, 6.07) is 0. The summed E-state index contributed by atoms with van der Waals surface area (Å²) in [5, 5.41) is 0. The number of nitrogens with two attached hydrogens (primary N) is 1. The van der Waals surface area contributed by atoms with Crippen LogP contribution in [0.25, 0.3) is 0 Å². The van der Waals surface area contributed by atoms with E-state index in [0.29, 0.717) is 17.3 Å². The van der Waals surface area contributed by atoms with Gasteiger partial charge < -0.3 is 10.5 Å². The van der Waals surface area contributed by atoms with Gasteiger partial charge >= 0.3 is 0 Å². The highest BCUT2D eigenvalue weighted by Crippen LogP contribution is 2.31. The van der Waals surface area contributed by atoms with Gasteiger partial charge in [0.15, 0.2) is 0 Å². The Balaban J connectivity index is 2.47. The number of carbonyl (C=O) groups is 1. The smallest absolute Gasteiger partial charge is 0.250 e. The Labute approximate surface area is 73.2 Å². The zero-order valence-corrected chi connectivity index (χ0v) is 6.93. The van der Waals surface area contributed by atoms with Gasteiger partial charge in [0.2, 0.25) is 11.8 Å². The van der Waals surface area contributed by atoms with Crippen LogP contribution >= 0.6 is 11.8 Å². The van der Waals surface area contributed by atoms with Gasteiger partial charge in [0.25, 0.3) is 0 Å². The SMILES string of the molecule is NC(=O)C1=C2SCN=C2OC=C1. The van der Waals surface area contributed by atoms with E-state index in [2.05, 4.69) is 4.99 Å². The molecule has 2 N–H and O–H groups in total. The summed E-state index contributed by atoms with van der Waals surface area (Å²) in [7, 11) is 0. The molecule has 0 aromatic carbocycles. The van der Waals surface area contributed by atoms with Crippen molar-refractivity contribution in [2.24, 2.45) is 10.7 Å². The quantitative estimate of drug-likeness (QED) is 0.637. The van der Waals surface area contributed by atoms with Gasteiger partial charge in [-0.3, -0.25) is 4.79 Å². The second-order valence-electron chi connectivity index (χ2n) is 2.26. The minimum Gasteiger partial charge on any atom is -0.446 e. The zero-order valence-electron chi connectivity index (χ0n) is 6.11. The Morgan fingerprint density at radius 3 is 3.33 bits per heavy atom. The number of amides is 1. The standard InChI is InChI=1S/C7H6N2O2S/c8-6(10)4-1-2-11-7-5(4)12-3-9-7/h1-2H,3H2,(H2,8,10). The van der Waals surface area contributed by atoms with Crippen LogP contribution in [0.3, 0.4) is 0 Å². The number of rotatable bonds is 1. The number of carbonyl (C=O) groups excluding carboxylic acids is 1. The Bertz CT molecular complexity index is 330. The molecule has 0 fully saturated rings. The van der Waals surface area contributed by atoms with E-state index in [1.807, 2.05) is 0 Å². The largest absolute Gasteiger partial charge is 0.446 e. The molecule has 62 valence electrons. The van der Waals surface area contributed by atoms with E-state index in [1.165, 1.54) is 18.0 Å². The molecule has 0 aromatic heterocycles. The van der Waals surface area contributed by atoms with Crippen LogP contribution in [0.1, 0.15) is 0 Å². The summed E-state index contributed by atoms with van der Waals surface area (Å²) in [6.07, 6.45) is 2.99. The Kier molecular flexibility index (Phi) is 1.65. The molecule has 2 aliphatic rings. The summed E-state index contributed by atoms with van der Waals surface area (Å²) < 4.78 is 5.07. The van der Waals surface area contributed by atoms with Gasteiger partial charge in [0.05, 0.1) is 22.6 Å².